The molecule has 0 amide bonds. The monoisotopic (exact) mass is 446 g/mol. The summed E-state index contributed by atoms with van der Waals surface area (Å²) in [6.45, 7) is 10.2. The molecule has 1 saturated carbocycles. The molecule has 0 aromatic carbocycles. The van der Waals surface area contributed by atoms with Crippen LogP contribution in [0.5, 0.6) is 0 Å². The third-order valence-electron chi connectivity index (χ3n) is 6.53. The zero-order valence-electron chi connectivity index (χ0n) is 16.4. The third kappa shape index (κ3) is 3.54. The summed E-state index contributed by atoms with van der Waals surface area (Å²) in [5, 5.41) is 0. The average Bonchev–Trinajstić information content (AvgIpc) is 2.98. The van der Waals surface area contributed by atoms with Crippen molar-refractivity contribution in [3.05, 3.63) is 0 Å². The van der Waals surface area contributed by atoms with E-state index in [1.54, 1.807) is 0 Å². The van der Waals surface area contributed by atoms with Crippen LogP contribution in [-0.2, 0) is 14.3 Å². The molecule has 1 aliphatic heterocycles. The Morgan fingerprint density at radius 1 is 1.04 bits per heavy atom. The van der Waals surface area contributed by atoms with E-state index in [9.17, 15) is 4.79 Å². The van der Waals surface area contributed by atoms with Gasteiger partial charge in [-0.3, -0.25) is 0 Å². The number of carbonyl (C=O) groups excluding carboxylic acids is 1. The van der Waals surface area contributed by atoms with E-state index in [4.69, 9.17) is 9.47 Å². The summed E-state index contributed by atoms with van der Waals surface area (Å²) in [5.41, 5.74) is 0. The molecule has 140 valence electrons. The first-order chi connectivity index (χ1) is 11.6. The predicted molar refractivity (Wildman–Crippen MR) is 102 cm³/mol. The third-order valence-corrected chi connectivity index (χ3v) is 25.2. The maximum absolute atomic E-state index is 13.2. The molecule has 2 fully saturated rings. The van der Waals surface area contributed by atoms with Gasteiger partial charge in [0, 0.05) is 0 Å². The van der Waals surface area contributed by atoms with Crippen LogP contribution < -0.4 is 0 Å². The number of esters is 1. The van der Waals surface area contributed by atoms with Gasteiger partial charge in [0.25, 0.3) is 0 Å². The zero-order valence-corrected chi connectivity index (χ0v) is 19.2. The molecule has 0 bridgehead atoms. The van der Waals surface area contributed by atoms with Crippen molar-refractivity contribution in [3.63, 3.8) is 0 Å². The van der Waals surface area contributed by atoms with E-state index in [-0.39, 0.29) is 15.5 Å². The molecule has 0 spiro atoms. The second kappa shape index (κ2) is 9.25. The van der Waals surface area contributed by atoms with Crippen molar-refractivity contribution in [2.24, 2.45) is 5.92 Å². The SMILES string of the molecule is CCC[CH2][Sn]([CH2]CCC)([CH2]CCC)[C]1(C(=O)OCC)C2OCC[C@H]21. The van der Waals surface area contributed by atoms with Crippen LogP contribution in [0.15, 0.2) is 0 Å². The van der Waals surface area contributed by atoms with E-state index >= 15 is 0 Å². The number of unbranched alkanes of at least 4 members (excludes halogenated alkanes) is 3. The minimum atomic E-state index is -2.72. The van der Waals surface area contributed by atoms with Gasteiger partial charge in [-0.1, -0.05) is 0 Å². The molecule has 2 unspecified atom stereocenters. The molecule has 0 aromatic rings. The van der Waals surface area contributed by atoms with E-state index in [2.05, 4.69) is 20.8 Å². The van der Waals surface area contributed by atoms with Gasteiger partial charge < -0.3 is 0 Å². The molecule has 2 rings (SSSR count). The molecule has 3 atom stereocenters. The molecule has 1 heterocycles. The van der Waals surface area contributed by atoms with Gasteiger partial charge in [-0.15, -0.1) is 0 Å². The summed E-state index contributed by atoms with van der Waals surface area (Å²) in [6.07, 6.45) is 8.92. The molecule has 1 saturated heterocycles. The Kier molecular flexibility index (Phi) is 7.91. The molecule has 0 aromatic heterocycles. The van der Waals surface area contributed by atoms with Gasteiger partial charge in [-0.25, -0.2) is 0 Å². The summed E-state index contributed by atoms with van der Waals surface area (Å²) >= 11 is -2.72. The predicted octanol–water partition coefficient (Wildman–Crippen LogP) is 5.56. The Morgan fingerprint density at radius 3 is 1.96 bits per heavy atom. The first-order valence-electron chi connectivity index (χ1n) is 10.4. The zero-order chi connectivity index (χ0) is 17.6. The summed E-state index contributed by atoms with van der Waals surface area (Å²) in [4.78, 5) is 13.2. The number of hydrogen-bond donors (Lipinski definition) is 0. The van der Waals surface area contributed by atoms with E-state index < -0.39 is 18.4 Å². The van der Waals surface area contributed by atoms with Crippen molar-refractivity contribution in [3.8, 4) is 0 Å². The number of hydrogen-bond acceptors (Lipinski definition) is 3. The summed E-state index contributed by atoms with van der Waals surface area (Å²) < 4.78 is 15.7. The Labute approximate surface area is 153 Å². The summed E-state index contributed by atoms with van der Waals surface area (Å²) in [7, 11) is 0. The van der Waals surface area contributed by atoms with E-state index in [0.29, 0.717) is 12.5 Å². The fraction of sp³-hybridized carbons (Fsp3) is 0.950. The molecule has 0 N–H and O–H groups in total. The van der Waals surface area contributed by atoms with Gasteiger partial charge in [0.2, 0.25) is 0 Å². The number of ether oxygens (including phenoxy) is 2. The maximum atomic E-state index is 13.2. The molecular formula is C20H38O3Sn. The minimum absolute atomic E-state index is 0.136. The van der Waals surface area contributed by atoms with E-state index in [1.807, 2.05) is 6.92 Å². The molecule has 3 nitrogen and oxygen atoms in total. The Bertz CT molecular complexity index is 378. The Balaban J connectivity index is 2.37. The van der Waals surface area contributed by atoms with Crippen molar-refractivity contribution >= 4 is 24.3 Å². The van der Waals surface area contributed by atoms with Crippen LogP contribution in [0.3, 0.4) is 0 Å². The molecule has 0 radical (unpaired) electrons. The van der Waals surface area contributed by atoms with Crippen molar-refractivity contribution < 1.29 is 14.3 Å². The molecule has 1 aliphatic carbocycles. The average molecular weight is 445 g/mol. The number of fused-ring (bicyclic) bond motifs is 1. The Morgan fingerprint density at radius 2 is 1.58 bits per heavy atom. The molecule has 2 aliphatic rings. The molecular weight excluding hydrogens is 407 g/mol. The van der Waals surface area contributed by atoms with Crippen molar-refractivity contribution in [2.75, 3.05) is 13.2 Å². The van der Waals surface area contributed by atoms with Crippen molar-refractivity contribution in [1.29, 1.82) is 0 Å². The van der Waals surface area contributed by atoms with E-state index in [1.165, 1.54) is 51.8 Å². The normalized spacial score (nSPS) is 28.7. The second-order valence-corrected chi connectivity index (χ2v) is 21.8. The fourth-order valence-electron chi connectivity index (χ4n) is 5.34. The van der Waals surface area contributed by atoms with Gasteiger partial charge >= 0.3 is 153 Å². The Hall–Kier alpha value is 0.229. The topological polar surface area (TPSA) is 35.5 Å². The second-order valence-electron chi connectivity index (χ2n) is 7.87. The number of rotatable bonds is 12. The van der Waals surface area contributed by atoms with Crippen molar-refractivity contribution in [1.82, 2.24) is 0 Å². The quantitative estimate of drug-likeness (QED) is 0.292. The van der Waals surface area contributed by atoms with Crippen LogP contribution in [0.4, 0.5) is 0 Å². The molecule has 24 heavy (non-hydrogen) atoms. The van der Waals surface area contributed by atoms with Crippen LogP contribution in [0.25, 0.3) is 0 Å². The first-order valence-corrected chi connectivity index (χ1v) is 17.9. The van der Waals surface area contributed by atoms with Crippen LogP contribution in [-0.4, -0.2) is 43.7 Å². The van der Waals surface area contributed by atoms with Crippen LogP contribution in [0.1, 0.15) is 72.6 Å². The summed E-state index contributed by atoms with van der Waals surface area (Å²) in [5.74, 6) is 0.636. The fourth-order valence-corrected chi connectivity index (χ4v) is 26.7. The molecule has 4 heteroatoms. The van der Waals surface area contributed by atoms with Crippen molar-refractivity contribution in [2.45, 2.75) is 95.5 Å². The van der Waals surface area contributed by atoms with Crippen LogP contribution in [0, 0.1) is 5.92 Å². The van der Waals surface area contributed by atoms with E-state index in [0.717, 1.165) is 13.0 Å². The summed E-state index contributed by atoms with van der Waals surface area (Å²) in [6, 6.07) is 0. The first kappa shape index (κ1) is 20.5. The van der Waals surface area contributed by atoms with Gasteiger partial charge in [0.1, 0.15) is 0 Å². The van der Waals surface area contributed by atoms with Crippen LogP contribution in [0.2, 0.25) is 16.7 Å². The number of carbonyl (C=O) groups is 1. The van der Waals surface area contributed by atoms with Gasteiger partial charge in [0.05, 0.1) is 0 Å². The standard InChI is InChI=1S/C8H11O3.3C4H9.Sn/c1-2-10-8(9)6-5-3-4-11-7(5)6;3*1-3-4-2;/h5,7H,2-4H2,1H3;3*1,3-4H2,2H3;/t5-,7?;;;;/m0..../s1. The van der Waals surface area contributed by atoms with Crippen LogP contribution >= 0.6 is 0 Å². The van der Waals surface area contributed by atoms with Gasteiger partial charge in [-0.2, -0.15) is 0 Å². The van der Waals surface area contributed by atoms with Gasteiger partial charge in [-0.05, 0) is 0 Å². The van der Waals surface area contributed by atoms with Gasteiger partial charge in [0.15, 0.2) is 0 Å².